The van der Waals surface area contributed by atoms with Gasteiger partial charge in [0.1, 0.15) is 11.6 Å². The lowest BCUT2D eigenvalue weighted by molar-refractivity contribution is 0.0456. The van der Waals surface area contributed by atoms with E-state index in [9.17, 15) is 8.78 Å². The van der Waals surface area contributed by atoms with Crippen LogP contribution in [0.5, 0.6) is 0 Å². The highest BCUT2D eigenvalue weighted by atomic mass is 19.1. The second-order valence-electron chi connectivity index (χ2n) is 6.35. The van der Waals surface area contributed by atoms with Gasteiger partial charge in [-0.05, 0) is 54.8 Å². The minimum absolute atomic E-state index is 0.0216. The highest BCUT2D eigenvalue weighted by molar-refractivity contribution is 5.32. The number of ether oxygens (including phenoxy) is 1. The van der Waals surface area contributed by atoms with Gasteiger partial charge in [-0.1, -0.05) is 30.7 Å². The van der Waals surface area contributed by atoms with Gasteiger partial charge in [0.05, 0.1) is 12.6 Å². The first-order chi connectivity index (χ1) is 11.7. The first kappa shape index (κ1) is 17.1. The number of piperidine rings is 1. The van der Waals surface area contributed by atoms with Crippen molar-refractivity contribution in [2.75, 3.05) is 20.3 Å². The molecule has 2 aromatic carbocycles. The van der Waals surface area contributed by atoms with Crippen LogP contribution in [-0.4, -0.2) is 31.2 Å². The fraction of sp³-hybridized carbons (Fsp3) is 0.400. The van der Waals surface area contributed by atoms with Gasteiger partial charge in [-0.25, -0.2) is 8.78 Å². The highest BCUT2D eigenvalue weighted by Crippen LogP contribution is 2.34. The summed E-state index contributed by atoms with van der Waals surface area (Å²) in [6, 6.07) is 13.5. The van der Waals surface area contributed by atoms with E-state index in [1.165, 1.54) is 30.7 Å². The van der Waals surface area contributed by atoms with E-state index < -0.39 is 0 Å². The van der Waals surface area contributed by atoms with Gasteiger partial charge in [-0.15, -0.1) is 0 Å². The molecule has 1 aliphatic heterocycles. The third-order valence-electron chi connectivity index (χ3n) is 4.73. The monoisotopic (exact) mass is 331 g/mol. The molecule has 0 radical (unpaired) electrons. The molecule has 2 nitrogen and oxygen atoms in total. The molecular formula is C20H23F2NO. The predicted molar refractivity (Wildman–Crippen MR) is 90.9 cm³/mol. The van der Waals surface area contributed by atoms with Crippen molar-refractivity contribution in [2.45, 2.75) is 31.3 Å². The Balaban J connectivity index is 2.00. The zero-order valence-electron chi connectivity index (χ0n) is 13.9. The predicted octanol–water partition coefficient (Wildman–Crippen LogP) is 4.56. The van der Waals surface area contributed by atoms with Gasteiger partial charge >= 0.3 is 0 Å². The smallest absolute Gasteiger partial charge is 0.123 e. The molecule has 24 heavy (non-hydrogen) atoms. The Bertz CT molecular complexity index is 594. The first-order valence-corrected chi connectivity index (χ1v) is 8.44. The molecule has 0 spiro atoms. The van der Waals surface area contributed by atoms with Crippen LogP contribution in [0, 0.1) is 11.6 Å². The maximum Gasteiger partial charge on any atom is 0.123 e. The number of benzene rings is 2. The number of likely N-dealkylation sites (tertiary alicyclic amines) is 1. The summed E-state index contributed by atoms with van der Waals surface area (Å²) < 4.78 is 32.1. The molecule has 128 valence electrons. The Kier molecular flexibility index (Phi) is 5.59. The van der Waals surface area contributed by atoms with Crippen molar-refractivity contribution in [3.8, 4) is 0 Å². The molecule has 0 aromatic heterocycles. The number of rotatable bonds is 5. The van der Waals surface area contributed by atoms with E-state index in [4.69, 9.17) is 4.74 Å². The summed E-state index contributed by atoms with van der Waals surface area (Å²) >= 11 is 0. The van der Waals surface area contributed by atoms with Crippen molar-refractivity contribution in [2.24, 2.45) is 0 Å². The van der Waals surface area contributed by atoms with Gasteiger partial charge in [0, 0.05) is 13.2 Å². The van der Waals surface area contributed by atoms with Crippen molar-refractivity contribution in [3.63, 3.8) is 0 Å². The van der Waals surface area contributed by atoms with Crippen LogP contribution in [0.2, 0.25) is 0 Å². The van der Waals surface area contributed by atoms with Crippen molar-refractivity contribution < 1.29 is 13.5 Å². The quantitative estimate of drug-likeness (QED) is 0.797. The van der Waals surface area contributed by atoms with Gasteiger partial charge in [0.15, 0.2) is 0 Å². The van der Waals surface area contributed by atoms with Gasteiger partial charge in [-0.3, -0.25) is 4.90 Å². The summed E-state index contributed by atoms with van der Waals surface area (Å²) in [6.07, 6.45) is 3.38. The Hall–Kier alpha value is -1.78. The van der Waals surface area contributed by atoms with E-state index in [0.29, 0.717) is 12.6 Å². The molecule has 1 aliphatic rings. The van der Waals surface area contributed by atoms with Crippen molar-refractivity contribution in [1.29, 1.82) is 0 Å². The minimum atomic E-state index is -0.247. The molecule has 2 aromatic rings. The second kappa shape index (κ2) is 7.86. The molecule has 1 unspecified atom stereocenters. The standard InChI is InChI=1S/C20H23F2NO/c1-24-14-19-4-2-3-13-23(19)20(15-5-9-17(21)10-6-15)16-7-11-18(22)12-8-16/h5-12,19-20H,2-4,13-14H2,1H3. The third kappa shape index (κ3) is 3.82. The number of methoxy groups -OCH3 is 1. The third-order valence-corrected chi connectivity index (χ3v) is 4.73. The molecule has 0 aliphatic carbocycles. The summed E-state index contributed by atoms with van der Waals surface area (Å²) in [5, 5.41) is 0. The average molecular weight is 331 g/mol. The van der Waals surface area contributed by atoms with Gasteiger partial charge in [0.2, 0.25) is 0 Å². The Morgan fingerprint density at radius 2 is 1.50 bits per heavy atom. The Morgan fingerprint density at radius 3 is 2.00 bits per heavy atom. The van der Waals surface area contributed by atoms with E-state index in [0.717, 1.165) is 30.5 Å². The van der Waals surface area contributed by atoms with Gasteiger partial charge < -0.3 is 4.74 Å². The summed E-state index contributed by atoms with van der Waals surface area (Å²) in [4.78, 5) is 2.41. The zero-order chi connectivity index (χ0) is 16.9. The largest absolute Gasteiger partial charge is 0.383 e. The molecule has 4 heteroatoms. The average Bonchev–Trinajstić information content (AvgIpc) is 2.60. The van der Waals surface area contributed by atoms with Crippen LogP contribution in [0.1, 0.15) is 36.4 Å². The van der Waals surface area contributed by atoms with Crippen LogP contribution in [-0.2, 0) is 4.74 Å². The molecule has 0 bridgehead atoms. The van der Waals surface area contributed by atoms with Gasteiger partial charge in [0.25, 0.3) is 0 Å². The topological polar surface area (TPSA) is 12.5 Å². The minimum Gasteiger partial charge on any atom is -0.383 e. The molecular weight excluding hydrogens is 308 g/mol. The Labute approximate surface area is 142 Å². The fourth-order valence-corrected chi connectivity index (χ4v) is 3.60. The van der Waals surface area contributed by atoms with Crippen molar-refractivity contribution in [3.05, 3.63) is 71.3 Å². The molecule has 0 N–H and O–H groups in total. The molecule has 1 heterocycles. The van der Waals surface area contributed by atoms with Crippen molar-refractivity contribution in [1.82, 2.24) is 4.90 Å². The lowest BCUT2D eigenvalue weighted by Gasteiger charge is -2.41. The molecule has 0 amide bonds. The lowest BCUT2D eigenvalue weighted by Crippen LogP contribution is -2.44. The molecule has 1 atom stereocenters. The zero-order valence-corrected chi connectivity index (χ0v) is 13.9. The Morgan fingerprint density at radius 1 is 0.958 bits per heavy atom. The normalized spacial score (nSPS) is 18.9. The van der Waals surface area contributed by atoms with Crippen LogP contribution in [0.15, 0.2) is 48.5 Å². The van der Waals surface area contributed by atoms with Crippen LogP contribution < -0.4 is 0 Å². The SMILES string of the molecule is COCC1CCCCN1C(c1ccc(F)cc1)c1ccc(F)cc1. The van der Waals surface area contributed by atoms with E-state index in [1.807, 2.05) is 24.3 Å². The van der Waals surface area contributed by atoms with Crippen LogP contribution >= 0.6 is 0 Å². The number of hydrogen-bond donors (Lipinski definition) is 0. The summed E-state index contributed by atoms with van der Waals surface area (Å²) in [7, 11) is 1.72. The number of hydrogen-bond acceptors (Lipinski definition) is 2. The maximum atomic E-state index is 13.4. The van der Waals surface area contributed by atoms with E-state index >= 15 is 0 Å². The van der Waals surface area contributed by atoms with Gasteiger partial charge in [-0.2, -0.15) is 0 Å². The molecule has 1 saturated heterocycles. The second-order valence-corrected chi connectivity index (χ2v) is 6.35. The van der Waals surface area contributed by atoms with E-state index in [1.54, 1.807) is 7.11 Å². The van der Waals surface area contributed by atoms with Crippen LogP contribution in [0.25, 0.3) is 0 Å². The molecule has 1 fully saturated rings. The van der Waals surface area contributed by atoms with Crippen LogP contribution in [0.4, 0.5) is 8.78 Å². The maximum absolute atomic E-state index is 13.4. The van der Waals surface area contributed by atoms with E-state index in [2.05, 4.69) is 4.90 Å². The van der Waals surface area contributed by atoms with E-state index in [-0.39, 0.29) is 17.7 Å². The first-order valence-electron chi connectivity index (χ1n) is 8.44. The summed E-state index contributed by atoms with van der Waals surface area (Å²) in [5.74, 6) is -0.493. The van der Waals surface area contributed by atoms with Crippen LogP contribution in [0.3, 0.4) is 0 Å². The summed E-state index contributed by atoms with van der Waals surface area (Å²) in [6.45, 7) is 1.62. The fourth-order valence-electron chi connectivity index (χ4n) is 3.60. The number of nitrogens with zero attached hydrogens (tertiary/aromatic N) is 1. The summed E-state index contributed by atoms with van der Waals surface area (Å²) in [5.41, 5.74) is 2.04. The lowest BCUT2D eigenvalue weighted by atomic mass is 9.92. The van der Waals surface area contributed by atoms with Crippen molar-refractivity contribution >= 4 is 0 Å². The number of halogens is 2. The highest BCUT2D eigenvalue weighted by Gasteiger charge is 2.31. The molecule has 3 rings (SSSR count). The molecule has 0 saturated carbocycles.